The summed E-state index contributed by atoms with van der Waals surface area (Å²) in [6.07, 6.45) is 4.29. The molecular weight excluding hydrogens is 374 g/mol. The van der Waals surface area contributed by atoms with Gasteiger partial charge in [-0.25, -0.2) is 4.68 Å². The minimum Gasteiger partial charge on any atom is -0.326 e. The van der Waals surface area contributed by atoms with Gasteiger partial charge in [0, 0.05) is 30.3 Å². The molecule has 0 aliphatic heterocycles. The van der Waals surface area contributed by atoms with E-state index < -0.39 is 0 Å². The monoisotopic (exact) mass is 403 g/mol. The van der Waals surface area contributed by atoms with Crippen LogP contribution in [0.15, 0.2) is 65.5 Å². The van der Waals surface area contributed by atoms with Crippen molar-refractivity contribution in [1.29, 1.82) is 0 Å². The first-order chi connectivity index (χ1) is 14.5. The number of anilines is 1. The number of carbonyl (C=O) groups excluding carboxylic acids is 1. The summed E-state index contributed by atoms with van der Waals surface area (Å²) in [4.78, 5) is 24.4. The lowest BCUT2D eigenvalue weighted by Crippen LogP contribution is -2.23. The van der Waals surface area contributed by atoms with E-state index in [0.717, 1.165) is 23.4 Å². The Kier molecular flexibility index (Phi) is 7.55. The molecule has 1 heterocycles. The van der Waals surface area contributed by atoms with Gasteiger partial charge in [-0.1, -0.05) is 55.3 Å². The molecule has 0 bridgehead atoms. The van der Waals surface area contributed by atoms with Crippen LogP contribution < -0.4 is 10.9 Å². The van der Waals surface area contributed by atoms with Gasteiger partial charge < -0.3 is 5.32 Å². The zero-order chi connectivity index (χ0) is 21.3. The van der Waals surface area contributed by atoms with Crippen LogP contribution in [0.5, 0.6) is 0 Å². The molecular formula is C25H29N3O2. The van der Waals surface area contributed by atoms with Gasteiger partial charge in [0.05, 0.1) is 5.69 Å². The molecule has 0 atom stereocenters. The number of amides is 1. The molecule has 1 aromatic heterocycles. The molecule has 30 heavy (non-hydrogen) atoms. The Balaban J connectivity index is 1.53. The Morgan fingerprint density at radius 1 is 0.967 bits per heavy atom. The van der Waals surface area contributed by atoms with E-state index in [0.29, 0.717) is 19.4 Å². The van der Waals surface area contributed by atoms with E-state index in [9.17, 15) is 9.59 Å². The number of nitrogens with zero attached hydrogens (tertiary/aromatic N) is 2. The van der Waals surface area contributed by atoms with Crippen molar-refractivity contribution in [3.05, 3.63) is 82.1 Å². The third-order valence-corrected chi connectivity index (χ3v) is 5.04. The zero-order valence-electron chi connectivity index (χ0n) is 17.7. The lowest BCUT2D eigenvalue weighted by molar-refractivity contribution is -0.116. The smallest absolute Gasteiger partial charge is 0.266 e. The number of aromatic nitrogens is 2. The quantitative estimate of drug-likeness (QED) is 0.548. The van der Waals surface area contributed by atoms with Gasteiger partial charge in [-0.15, -0.1) is 0 Å². The van der Waals surface area contributed by atoms with Crippen LogP contribution in [0.4, 0.5) is 5.69 Å². The molecule has 3 rings (SSSR count). The van der Waals surface area contributed by atoms with E-state index in [1.54, 1.807) is 6.07 Å². The van der Waals surface area contributed by atoms with Crippen molar-refractivity contribution in [1.82, 2.24) is 9.78 Å². The first kappa shape index (κ1) is 21.5. The van der Waals surface area contributed by atoms with Crippen LogP contribution in [0.1, 0.15) is 43.7 Å². The third-order valence-electron chi connectivity index (χ3n) is 5.04. The summed E-state index contributed by atoms with van der Waals surface area (Å²) in [7, 11) is 0. The van der Waals surface area contributed by atoms with Crippen molar-refractivity contribution in [2.45, 2.75) is 52.5 Å². The predicted molar refractivity (Wildman–Crippen MR) is 122 cm³/mol. The Hall–Kier alpha value is -3.21. The zero-order valence-corrected chi connectivity index (χ0v) is 17.7. The summed E-state index contributed by atoms with van der Waals surface area (Å²) in [5.74, 6) is -0.0564. The molecule has 1 amide bonds. The number of carbonyl (C=O) groups is 1. The Morgan fingerprint density at radius 3 is 2.40 bits per heavy atom. The fourth-order valence-corrected chi connectivity index (χ4v) is 3.24. The molecule has 3 aromatic rings. The maximum Gasteiger partial charge on any atom is 0.266 e. The van der Waals surface area contributed by atoms with Gasteiger partial charge in [-0.05, 0) is 49.9 Å². The highest BCUT2D eigenvalue weighted by Gasteiger charge is 2.06. The SMILES string of the molecule is CCCCc1ccc(NC(=O)CCCn2nc(-c3ccc(C)cc3)ccc2=O)cc1. The van der Waals surface area contributed by atoms with Gasteiger partial charge in [-0.3, -0.25) is 9.59 Å². The molecule has 0 fully saturated rings. The molecule has 0 aliphatic rings. The normalized spacial score (nSPS) is 10.7. The Bertz CT molecular complexity index is 1020. The summed E-state index contributed by atoms with van der Waals surface area (Å²) in [6, 6.07) is 19.3. The van der Waals surface area contributed by atoms with Crippen molar-refractivity contribution in [2.24, 2.45) is 0 Å². The number of unbranched alkanes of at least 4 members (excludes halogenated alkanes) is 1. The highest BCUT2D eigenvalue weighted by atomic mass is 16.1. The van der Waals surface area contributed by atoms with Crippen LogP contribution in [0.2, 0.25) is 0 Å². The van der Waals surface area contributed by atoms with E-state index in [-0.39, 0.29) is 11.5 Å². The molecule has 5 nitrogen and oxygen atoms in total. The van der Waals surface area contributed by atoms with Crippen molar-refractivity contribution in [3.8, 4) is 11.3 Å². The summed E-state index contributed by atoms with van der Waals surface area (Å²) in [5.41, 5.74) is 4.82. The average Bonchev–Trinajstić information content (AvgIpc) is 2.75. The van der Waals surface area contributed by atoms with Crippen LogP contribution in [0.25, 0.3) is 11.3 Å². The maximum absolute atomic E-state index is 12.2. The third kappa shape index (κ3) is 6.14. The van der Waals surface area contributed by atoms with Crippen LogP contribution >= 0.6 is 0 Å². The molecule has 0 radical (unpaired) electrons. The van der Waals surface area contributed by atoms with Gasteiger partial charge in [0.2, 0.25) is 5.91 Å². The van der Waals surface area contributed by atoms with Gasteiger partial charge >= 0.3 is 0 Å². The maximum atomic E-state index is 12.2. The highest BCUT2D eigenvalue weighted by Crippen LogP contribution is 2.16. The first-order valence-electron chi connectivity index (χ1n) is 10.6. The summed E-state index contributed by atoms with van der Waals surface area (Å²) >= 11 is 0. The molecule has 0 spiro atoms. The lowest BCUT2D eigenvalue weighted by atomic mass is 10.1. The number of nitrogens with one attached hydrogen (secondary N) is 1. The first-order valence-corrected chi connectivity index (χ1v) is 10.6. The minimum atomic E-state index is -0.158. The second-order valence-corrected chi connectivity index (χ2v) is 7.60. The summed E-state index contributed by atoms with van der Waals surface area (Å²) < 4.78 is 1.44. The average molecular weight is 404 g/mol. The molecule has 5 heteroatoms. The Labute approximate surface area is 177 Å². The van der Waals surface area contributed by atoms with Crippen molar-refractivity contribution in [2.75, 3.05) is 5.32 Å². The standard InChI is InChI=1S/C25H29N3O2/c1-3-4-6-20-10-14-22(15-11-20)26-24(29)7-5-18-28-25(30)17-16-23(27-28)21-12-8-19(2)9-13-21/h8-17H,3-7,18H2,1-2H3,(H,26,29). The number of hydrogen-bond donors (Lipinski definition) is 1. The second-order valence-electron chi connectivity index (χ2n) is 7.60. The number of benzene rings is 2. The van der Waals surface area contributed by atoms with E-state index in [1.165, 1.54) is 34.7 Å². The summed E-state index contributed by atoms with van der Waals surface area (Å²) in [6.45, 7) is 4.61. The molecule has 156 valence electrons. The number of aryl methyl sites for hydroxylation is 3. The van der Waals surface area contributed by atoms with Gasteiger partial charge in [0.15, 0.2) is 0 Å². The van der Waals surface area contributed by atoms with Gasteiger partial charge in [0.1, 0.15) is 0 Å². The van der Waals surface area contributed by atoms with Crippen molar-refractivity contribution >= 4 is 11.6 Å². The van der Waals surface area contributed by atoms with Crippen molar-refractivity contribution in [3.63, 3.8) is 0 Å². The van der Waals surface area contributed by atoms with E-state index >= 15 is 0 Å². The fraction of sp³-hybridized carbons (Fsp3) is 0.320. The van der Waals surface area contributed by atoms with Crippen LogP contribution in [-0.2, 0) is 17.8 Å². The van der Waals surface area contributed by atoms with E-state index in [4.69, 9.17) is 0 Å². The van der Waals surface area contributed by atoms with Crippen LogP contribution in [0, 0.1) is 6.92 Å². The number of rotatable bonds is 9. The molecule has 0 saturated heterocycles. The van der Waals surface area contributed by atoms with Crippen LogP contribution in [-0.4, -0.2) is 15.7 Å². The fourth-order valence-electron chi connectivity index (χ4n) is 3.24. The number of hydrogen-bond acceptors (Lipinski definition) is 3. The molecule has 0 saturated carbocycles. The molecule has 1 N–H and O–H groups in total. The summed E-state index contributed by atoms with van der Waals surface area (Å²) in [5, 5.41) is 7.38. The molecule has 2 aromatic carbocycles. The topological polar surface area (TPSA) is 64.0 Å². The lowest BCUT2D eigenvalue weighted by Gasteiger charge is -2.09. The van der Waals surface area contributed by atoms with Crippen molar-refractivity contribution < 1.29 is 4.79 Å². The minimum absolute atomic E-state index is 0.0564. The molecule has 0 aliphatic carbocycles. The molecule has 0 unspecified atom stereocenters. The van der Waals surface area contributed by atoms with Gasteiger partial charge in [-0.2, -0.15) is 5.10 Å². The van der Waals surface area contributed by atoms with Gasteiger partial charge in [0.25, 0.3) is 5.56 Å². The van der Waals surface area contributed by atoms with E-state index in [2.05, 4.69) is 29.5 Å². The predicted octanol–water partition coefficient (Wildman–Crippen LogP) is 4.98. The highest BCUT2D eigenvalue weighted by molar-refractivity contribution is 5.90. The van der Waals surface area contributed by atoms with Crippen LogP contribution in [0.3, 0.4) is 0 Å². The Morgan fingerprint density at radius 2 is 1.70 bits per heavy atom. The largest absolute Gasteiger partial charge is 0.326 e. The van der Waals surface area contributed by atoms with E-state index in [1.807, 2.05) is 43.3 Å². The second kappa shape index (κ2) is 10.5.